The van der Waals surface area contributed by atoms with Crippen LogP contribution in [0.4, 0.5) is 8.78 Å². The van der Waals surface area contributed by atoms with Crippen molar-refractivity contribution in [3.05, 3.63) is 35.4 Å². The number of aliphatic hydroxyl groups is 1. The zero-order chi connectivity index (χ0) is 19.4. The third-order valence-electron chi connectivity index (χ3n) is 5.97. The van der Waals surface area contributed by atoms with Gasteiger partial charge in [0.25, 0.3) is 0 Å². The van der Waals surface area contributed by atoms with E-state index in [0.717, 1.165) is 51.1 Å². The molecule has 1 aliphatic carbocycles. The van der Waals surface area contributed by atoms with E-state index in [4.69, 9.17) is 15.2 Å². The molecule has 0 spiro atoms. The first-order valence-electron chi connectivity index (χ1n) is 9.79. The normalized spacial score (nSPS) is 31.0. The van der Waals surface area contributed by atoms with E-state index in [-0.39, 0.29) is 24.1 Å². The average Bonchev–Trinajstić information content (AvgIpc) is 2.69. The number of likely N-dealkylation sites (tertiary alicyclic amines) is 1. The van der Waals surface area contributed by atoms with Gasteiger partial charge in [-0.3, -0.25) is 0 Å². The maximum atomic E-state index is 14.0. The Bertz CT molecular complexity index is 611. The molecule has 1 aromatic rings. The summed E-state index contributed by atoms with van der Waals surface area (Å²) >= 11 is 0. The highest BCUT2D eigenvalue weighted by Gasteiger charge is 2.34. The minimum Gasteiger partial charge on any atom is -0.377 e. The van der Waals surface area contributed by atoms with Crippen LogP contribution in [0.25, 0.3) is 0 Å². The number of rotatable bonds is 6. The van der Waals surface area contributed by atoms with Crippen LogP contribution in [0.1, 0.15) is 50.0 Å². The molecule has 1 aromatic carbocycles. The SMILES string of the molecule is COC(O)N1CCC[C@H](N)[C@@H]1COC1CCC(c2cccc(F)c2F)CC1. The summed E-state index contributed by atoms with van der Waals surface area (Å²) in [7, 11) is 1.47. The second kappa shape index (κ2) is 9.39. The molecule has 1 unspecified atom stereocenters. The Morgan fingerprint density at radius 2 is 1.96 bits per heavy atom. The molecular formula is C20H30F2N2O3. The molecule has 1 saturated carbocycles. The lowest BCUT2D eigenvalue weighted by molar-refractivity contribution is -0.206. The minimum absolute atomic E-state index is 0.0318. The first-order valence-corrected chi connectivity index (χ1v) is 9.79. The van der Waals surface area contributed by atoms with Crippen molar-refractivity contribution in [3.63, 3.8) is 0 Å². The standard InChI is InChI=1S/C20H30F2N2O3/c1-26-20(25)24-11-3-6-17(23)18(24)12-27-14-9-7-13(8-10-14)15-4-2-5-16(21)19(15)22/h2,4-5,13-14,17-18,20,25H,3,6-12,23H2,1H3/t13?,14?,17-,18-,20?/m0/s1. The summed E-state index contributed by atoms with van der Waals surface area (Å²) in [4.78, 5) is 1.85. The number of benzene rings is 1. The molecule has 1 heterocycles. The number of hydrogen-bond donors (Lipinski definition) is 2. The first-order chi connectivity index (χ1) is 13.0. The molecule has 152 valence electrons. The van der Waals surface area contributed by atoms with Crippen LogP contribution in [0.5, 0.6) is 0 Å². The number of ether oxygens (including phenoxy) is 2. The number of halogens is 2. The number of hydrogen-bond acceptors (Lipinski definition) is 5. The van der Waals surface area contributed by atoms with E-state index in [1.165, 1.54) is 7.11 Å². The van der Waals surface area contributed by atoms with Gasteiger partial charge in [-0.25, -0.2) is 13.7 Å². The second-order valence-electron chi connectivity index (χ2n) is 7.62. The van der Waals surface area contributed by atoms with Gasteiger partial charge in [0.15, 0.2) is 11.6 Å². The fourth-order valence-corrected chi connectivity index (χ4v) is 4.35. The second-order valence-corrected chi connectivity index (χ2v) is 7.62. The average molecular weight is 384 g/mol. The molecule has 5 nitrogen and oxygen atoms in total. The molecule has 27 heavy (non-hydrogen) atoms. The molecule has 1 saturated heterocycles. The van der Waals surface area contributed by atoms with Crippen LogP contribution in [-0.4, -0.2) is 54.9 Å². The fraction of sp³-hybridized carbons (Fsp3) is 0.700. The molecular weight excluding hydrogens is 354 g/mol. The largest absolute Gasteiger partial charge is 0.377 e. The molecule has 0 amide bonds. The third kappa shape index (κ3) is 4.84. The predicted molar refractivity (Wildman–Crippen MR) is 98.0 cm³/mol. The van der Waals surface area contributed by atoms with Crippen molar-refractivity contribution in [1.29, 1.82) is 0 Å². The van der Waals surface area contributed by atoms with Crippen LogP contribution in [-0.2, 0) is 9.47 Å². The number of methoxy groups -OCH3 is 1. The Morgan fingerprint density at radius 1 is 1.22 bits per heavy atom. The highest BCUT2D eigenvalue weighted by atomic mass is 19.2. The maximum absolute atomic E-state index is 14.0. The van der Waals surface area contributed by atoms with Gasteiger partial charge in [0.2, 0.25) is 6.41 Å². The number of nitrogens with zero attached hydrogens (tertiary/aromatic N) is 1. The lowest BCUT2D eigenvalue weighted by atomic mass is 9.82. The third-order valence-corrected chi connectivity index (χ3v) is 5.97. The highest BCUT2D eigenvalue weighted by Crippen LogP contribution is 2.36. The Hall–Kier alpha value is -1.12. The van der Waals surface area contributed by atoms with Gasteiger partial charge in [-0.05, 0) is 56.1 Å². The Balaban J connectivity index is 1.52. The van der Waals surface area contributed by atoms with E-state index in [1.54, 1.807) is 12.1 Å². The Kier molecular flexibility index (Phi) is 7.16. The molecule has 0 bridgehead atoms. The lowest BCUT2D eigenvalue weighted by Gasteiger charge is -2.42. The smallest absolute Gasteiger partial charge is 0.216 e. The van der Waals surface area contributed by atoms with Crippen LogP contribution in [0.15, 0.2) is 18.2 Å². The van der Waals surface area contributed by atoms with Crippen molar-refractivity contribution in [2.45, 2.75) is 69.0 Å². The topological polar surface area (TPSA) is 68.0 Å². The van der Waals surface area contributed by atoms with Gasteiger partial charge >= 0.3 is 0 Å². The van der Waals surface area contributed by atoms with Crippen LogP contribution in [0.3, 0.4) is 0 Å². The Morgan fingerprint density at radius 3 is 2.67 bits per heavy atom. The molecule has 0 radical (unpaired) electrons. The molecule has 1 aliphatic heterocycles. The first kappa shape index (κ1) is 20.6. The summed E-state index contributed by atoms with van der Waals surface area (Å²) in [5.74, 6) is -1.47. The van der Waals surface area contributed by atoms with Crippen LogP contribution < -0.4 is 5.73 Å². The van der Waals surface area contributed by atoms with Crippen molar-refractivity contribution in [3.8, 4) is 0 Å². The van der Waals surface area contributed by atoms with Gasteiger partial charge < -0.3 is 20.3 Å². The minimum atomic E-state index is -0.975. The van der Waals surface area contributed by atoms with E-state index in [1.807, 2.05) is 4.90 Å². The predicted octanol–water partition coefficient (Wildman–Crippen LogP) is 2.72. The van der Waals surface area contributed by atoms with Crippen molar-refractivity contribution in [1.82, 2.24) is 4.90 Å². The summed E-state index contributed by atoms with van der Waals surface area (Å²) in [6.07, 6.45) is 4.06. The van der Waals surface area contributed by atoms with Crippen molar-refractivity contribution in [2.24, 2.45) is 5.73 Å². The zero-order valence-electron chi connectivity index (χ0n) is 15.8. The van der Waals surface area contributed by atoms with Gasteiger partial charge in [-0.15, -0.1) is 0 Å². The molecule has 2 aliphatic rings. The molecule has 7 heteroatoms. The molecule has 3 N–H and O–H groups in total. The van der Waals surface area contributed by atoms with Gasteiger partial charge in [-0.2, -0.15) is 0 Å². The summed E-state index contributed by atoms with van der Waals surface area (Å²) in [6.45, 7) is 1.16. The van der Waals surface area contributed by atoms with Crippen LogP contribution in [0.2, 0.25) is 0 Å². The van der Waals surface area contributed by atoms with Gasteiger partial charge in [0.05, 0.1) is 18.8 Å². The van der Waals surface area contributed by atoms with Gasteiger partial charge in [0.1, 0.15) is 0 Å². The van der Waals surface area contributed by atoms with Crippen LogP contribution in [0, 0.1) is 11.6 Å². The Labute approximate surface area is 159 Å². The van der Waals surface area contributed by atoms with E-state index >= 15 is 0 Å². The van der Waals surface area contributed by atoms with E-state index in [0.29, 0.717) is 12.2 Å². The summed E-state index contributed by atoms with van der Waals surface area (Å²) in [5.41, 5.74) is 6.71. The van der Waals surface area contributed by atoms with Gasteiger partial charge in [-0.1, -0.05) is 12.1 Å². The fourth-order valence-electron chi connectivity index (χ4n) is 4.35. The quantitative estimate of drug-likeness (QED) is 0.738. The monoisotopic (exact) mass is 384 g/mol. The van der Waals surface area contributed by atoms with E-state index in [9.17, 15) is 13.9 Å². The van der Waals surface area contributed by atoms with E-state index in [2.05, 4.69) is 0 Å². The number of piperidine rings is 1. The summed E-state index contributed by atoms with van der Waals surface area (Å²) in [5, 5.41) is 10.0. The molecule has 0 aromatic heterocycles. The summed E-state index contributed by atoms with van der Waals surface area (Å²) in [6, 6.07) is 4.24. The van der Waals surface area contributed by atoms with E-state index < -0.39 is 18.0 Å². The lowest BCUT2D eigenvalue weighted by Crippen LogP contribution is -2.58. The van der Waals surface area contributed by atoms with Crippen molar-refractivity contribution >= 4 is 0 Å². The van der Waals surface area contributed by atoms with Crippen molar-refractivity contribution < 1.29 is 23.4 Å². The molecule has 3 rings (SSSR count). The van der Waals surface area contributed by atoms with Crippen LogP contribution >= 0.6 is 0 Å². The maximum Gasteiger partial charge on any atom is 0.216 e. The zero-order valence-corrected chi connectivity index (χ0v) is 15.8. The van der Waals surface area contributed by atoms with Gasteiger partial charge in [0, 0.05) is 19.7 Å². The molecule has 2 fully saturated rings. The van der Waals surface area contributed by atoms with Crippen molar-refractivity contribution in [2.75, 3.05) is 20.3 Å². The molecule has 3 atom stereocenters. The highest BCUT2D eigenvalue weighted by molar-refractivity contribution is 5.23. The number of nitrogens with two attached hydrogens (primary N) is 1. The summed E-state index contributed by atoms with van der Waals surface area (Å²) < 4.78 is 38.6. The number of aliphatic hydroxyl groups excluding tert-OH is 1.